The molecule has 3 aromatic rings. The normalized spacial score (nSPS) is 16.7. The smallest absolute Gasteiger partial charge is 0.267 e. The molecular formula is C25H22N2OS. The molecule has 4 rings (SSSR count). The average molecular weight is 399 g/mol. The van der Waals surface area contributed by atoms with Crippen LogP contribution in [0.5, 0.6) is 0 Å². The Hall–Kier alpha value is -3.11. The Labute approximate surface area is 175 Å². The summed E-state index contributed by atoms with van der Waals surface area (Å²) < 4.78 is 0. The number of carbonyl (C=O) groups is 1. The number of nitrogens with zero attached hydrogens (tertiary/aromatic N) is 2. The van der Waals surface area contributed by atoms with Crippen molar-refractivity contribution in [3.05, 3.63) is 112 Å². The predicted molar refractivity (Wildman–Crippen MR) is 121 cm³/mol. The average Bonchev–Trinajstić information content (AvgIpc) is 3.04. The van der Waals surface area contributed by atoms with Crippen molar-refractivity contribution in [3.63, 3.8) is 0 Å². The molecule has 1 aliphatic rings. The number of amidine groups is 1. The highest BCUT2D eigenvalue weighted by atomic mass is 32.2. The van der Waals surface area contributed by atoms with Gasteiger partial charge >= 0.3 is 0 Å². The first kappa shape index (κ1) is 19.2. The van der Waals surface area contributed by atoms with Crippen LogP contribution in [0.1, 0.15) is 22.3 Å². The molecule has 4 heteroatoms. The van der Waals surface area contributed by atoms with Crippen molar-refractivity contribution >= 4 is 28.9 Å². The largest absolute Gasteiger partial charge is 0.282 e. The number of hydrogen-bond acceptors (Lipinski definition) is 3. The summed E-state index contributed by atoms with van der Waals surface area (Å²) in [4.78, 5) is 20.4. The Morgan fingerprint density at radius 3 is 2.14 bits per heavy atom. The lowest BCUT2D eigenvalue weighted by atomic mass is 10.1. The van der Waals surface area contributed by atoms with Gasteiger partial charge in [-0.05, 0) is 41.5 Å². The topological polar surface area (TPSA) is 32.7 Å². The highest BCUT2D eigenvalue weighted by Crippen LogP contribution is 2.34. The summed E-state index contributed by atoms with van der Waals surface area (Å²) in [6, 6.07) is 28.3. The molecule has 0 N–H and O–H groups in total. The lowest BCUT2D eigenvalue weighted by Gasteiger charge is -2.15. The van der Waals surface area contributed by atoms with Gasteiger partial charge in [-0.25, -0.2) is 0 Å². The zero-order chi connectivity index (χ0) is 20.1. The highest BCUT2D eigenvalue weighted by molar-refractivity contribution is 8.18. The van der Waals surface area contributed by atoms with E-state index >= 15 is 0 Å². The van der Waals surface area contributed by atoms with Gasteiger partial charge < -0.3 is 0 Å². The summed E-state index contributed by atoms with van der Waals surface area (Å²) in [5.41, 5.74) is 4.44. The molecule has 0 bridgehead atoms. The summed E-state index contributed by atoms with van der Waals surface area (Å²) in [5.74, 6) is 0.00578. The Kier molecular flexibility index (Phi) is 5.92. The molecule has 0 spiro atoms. The molecule has 1 heterocycles. The second-order valence-electron chi connectivity index (χ2n) is 6.98. The maximum absolute atomic E-state index is 13.2. The minimum Gasteiger partial charge on any atom is -0.282 e. The van der Waals surface area contributed by atoms with E-state index in [1.807, 2.05) is 66.7 Å². The van der Waals surface area contributed by atoms with Crippen LogP contribution in [-0.4, -0.2) is 16.0 Å². The van der Waals surface area contributed by atoms with Gasteiger partial charge in [0.25, 0.3) is 5.91 Å². The first-order valence-corrected chi connectivity index (χ1v) is 10.4. The van der Waals surface area contributed by atoms with Gasteiger partial charge in [0.05, 0.1) is 18.0 Å². The summed E-state index contributed by atoms with van der Waals surface area (Å²) >= 11 is 1.45. The minimum absolute atomic E-state index is 0.00578. The number of amides is 1. The van der Waals surface area contributed by atoms with E-state index in [1.165, 1.54) is 17.3 Å². The van der Waals surface area contributed by atoms with E-state index in [0.29, 0.717) is 18.0 Å². The summed E-state index contributed by atoms with van der Waals surface area (Å²) in [6.07, 6.45) is 1.95. The standard InChI is InChI=1S/C25H22N2OS/c1-19-12-14-20(15-13-19)16-23-24(28)27(18-22-10-6-3-7-11-22)25(29-23)26-17-21-8-4-2-5-9-21/h2-16H,17-18H2,1H3/b23-16-,26-25?. The molecule has 0 atom stereocenters. The Balaban J connectivity index is 1.62. The third kappa shape index (κ3) is 4.84. The zero-order valence-corrected chi connectivity index (χ0v) is 17.1. The maximum atomic E-state index is 13.2. The lowest BCUT2D eigenvalue weighted by Crippen LogP contribution is -2.28. The maximum Gasteiger partial charge on any atom is 0.267 e. The van der Waals surface area contributed by atoms with E-state index in [-0.39, 0.29) is 5.91 Å². The molecule has 1 saturated heterocycles. The van der Waals surface area contributed by atoms with Gasteiger partial charge in [0.2, 0.25) is 0 Å². The molecule has 3 nitrogen and oxygen atoms in total. The number of aliphatic imine (C=N–C) groups is 1. The first-order chi connectivity index (χ1) is 14.2. The molecule has 0 saturated carbocycles. The van der Waals surface area contributed by atoms with E-state index < -0.39 is 0 Å². The van der Waals surface area contributed by atoms with Crippen molar-refractivity contribution in [1.82, 2.24) is 4.90 Å². The van der Waals surface area contributed by atoms with Gasteiger partial charge in [-0.2, -0.15) is 0 Å². The van der Waals surface area contributed by atoms with Gasteiger partial charge in [0, 0.05) is 0 Å². The minimum atomic E-state index is 0.00578. The molecule has 1 fully saturated rings. The zero-order valence-electron chi connectivity index (χ0n) is 16.3. The van der Waals surface area contributed by atoms with Crippen LogP contribution in [0.4, 0.5) is 0 Å². The van der Waals surface area contributed by atoms with Crippen molar-refractivity contribution in [2.75, 3.05) is 0 Å². The van der Waals surface area contributed by atoms with Crippen LogP contribution >= 0.6 is 11.8 Å². The quantitative estimate of drug-likeness (QED) is 0.519. The summed E-state index contributed by atoms with van der Waals surface area (Å²) in [7, 11) is 0. The SMILES string of the molecule is Cc1ccc(/C=C2\SC(=NCc3ccccc3)N(Cc3ccccc3)C2=O)cc1. The van der Waals surface area contributed by atoms with Crippen molar-refractivity contribution in [2.45, 2.75) is 20.0 Å². The van der Waals surface area contributed by atoms with Gasteiger partial charge in [-0.15, -0.1) is 0 Å². The molecule has 0 unspecified atom stereocenters. The van der Waals surface area contributed by atoms with Gasteiger partial charge in [-0.1, -0.05) is 90.5 Å². The third-order valence-electron chi connectivity index (χ3n) is 4.69. The Bertz CT molecular complexity index is 1040. The molecule has 0 aromatic heterocycles. The third-order valence-corrected chi connectivity index (χ3v) is 5.73. The highest BCUT2D eigenvalue weighted by Gasteiger charge is 2.33. The summed E-state index contributed by atoms with van der Waals surface area (Å²) in [5, 5.41) is 0.751. The second-order valence-corrected chi connectivity index (χ2v) is 7.99. The number of carbonyl (C=O) groups excluding carboxylic acids is 1. The van der Waals surface area contributed by atoms with E-state index in [2.05, 4.69) is 31.2 Å². The Morgan fingerprint density at radius 1 is 0.862 bits per heavy atom. The molecule has 3 aromatic carbocycles. The molecule has 1 amide bonds. The van der Waals surface area contributed by atoms with Crippen LogP contribution in [0, 0.1) is 6.92 Å². The monoisotopic (exact) mass is 398 g/mol. The van der Waals surface area contributed by atoms with Crippen molar-refractivity contribution in [2.24, 2.45) is 4.99 Å². The molecule has 0 aliphatic carbocycles. The van der Waals surface area contributed by atoms with Crippen LogP contribution in [0.2, 0.25) is 0 Å². The number of aryl methyl sites for hydroxylation is 1. The molecule has 0 radical (unpaired) electrons. The number of rotatable bonds is 5. The molecule has 29 heavy (non-hydrogen) atoms. The van der Waals surface area contributed by atoms with E-state index in [9.17, 15) is 4.79 Å². The summed E-state index contributed by atoms with van der Waals surface area (Å²) in [6.45, 7) is 3.13. The fraction of sp³-hybridized carbons (Fsp3) is 0.120. The lowest BCUT2D eigenvalue weighted by molar-refractivity contribution is -0.122. The van der Waals surface area contributed by atoms with Crippen LogP contribution in [-0.2, 0) is 17.9 Å². The van der Waals surface area contributed by atoms with Gasteiger partial charge in [-0.3, -0.25) is 14.7 Å². The molecule has 1 aliphatic heterocycles. The van der Waals surface area contributed by atoms with Crippen molar-refractivity contribution in [3.8, 4) is 0 Å². The van der Waals surface area contributed by atoms with Gasteiger partial charge in [0.15, 0.2) is 5.17 Å². The number of benzene rings is 3. The van der Waals surface area contributed by atoms with Crippen LogP contribution in [0.15, 0.2) is 94.8 Å². The van der Waals surface area contributed by atoms with Crippen LogP contribution < -0.4 is 0 Å². The fourth-order valence-electron chi connectivity index (χ4n) is 3.09. The Morgan fingerprint density at radius 2 is 1.48 bits per heavy atom. The molecular weight excluding hydrogens is 376 g/mol. The second kappa shape index (κ2) is 8.93. The fourth-order valence-corrected chi connectivity index (χ4v) is 4.06. The number of thioether (sulfide) groups is 1. The van der Waals surface area contributed by atoms with Crippen LogP contribution in [0.3, 0.4) is 0 Å². The predicted octanol–water partition coefficient (Wildman–Crippen LogP) is 5.67. The first-order valence-electron chi connectivity index (χ1n) is 9.59. The van der Waals surface area contributed by atoms with E-state index in [1.54, 1.807) is 4.90 Å². The molecule has 144 valence electrons. The van der Waals surface area contributed by atoms with E-state index in [0.717, 1.165) is 21.9 Å². The van der Waals surface area contributed by atoms with Crippen molar-refractivity contribution < 1.29 is 4.79 Å². The van der Waals surface area contributed by atoms with Crippen LogP contribution in [0.25, 0.3) is 6.08 Å². The van der Waals surface area contributed by atoms with E-state index in [4.69, 9.17) is 4.99 Å². The van der Waals surface area contributed by atoms with Crippen molar-refractivity contribution in [1.29, 1.82) is 0 Å². The number of hydrogen-bond donors (Lipinski definition) is 0. The van der Waals surface area contributed by atoms with Gasteiger partial charge in [0.1, 0.15) is 0 Å².